The molecule has 0 spiro atoms. The van der Waals surface area contributed by atoms with Gasteiger partial charge in [0.15, 0.2) is 0 Å². The van der Waals surface area contributed by atoms with Gasteiger partial charge >= 0.3 is 0 Å². The molecule has 2 N–H and O–H groups in total. The molecule has 1 aromatic heterocycles. The van der Waals surface area contributed by atoms with Crippen LogP contribution in [0.4, 0.5) is 5.88 Å². The summed E-state index contributed by atoms with van der Waals surface area (Å²) in [6, 6.07) is 15.0. The number of hydrogen-bond acceptors (Lipinski definition) is 4. The van der Waals surface area contributed by atoms with E-state index in [0.717, 1.165) is 11.1 Å². The second-order valence-electron chi connectivity index (χ2n) is 4.48. The van der Waals surface area contributed by atoms with Crippen LogP contribution in [0.3, 0.4) is 0 Å². The average Bonchev–Trinajstić information content (AvgIpc) is 2.89. The van der Waals surface area contributed by atoms with E-state index in [9.17, 15) is 0 Å². The molecule has 0 aliphatic carbocycles. The zero-order valence-corrected chi connectivity index (χ0v) is 12.1. The molecule has 0 amide bonds. The highest BCUT2D eigenvalue weighted by Crippen LogP contribution is 2.41. The Balaban J connectivity index is 2.24. The molecule has 0 aliphatic heterocycles. The third-order valence-corrected chi connectivity index (χ3v) is 3.43. The SMILES string of the molecule is COc1ccc(Cl)cc1-c1c(-c2ccccc2)noc1N. The number of nitrogens with two attached hydrogens (primary N) is 1. The highest BCUT2D eigenvalue weighted by Gasteiger charge is 2.20. The van der Waals surface area contributed by atoms with E-state index in [1.54, 1.807) is 25.3 Å². The van der Waals surface area contributed by atoms with Crippen LogP contribution in [0, 0.1) is 0 Å². The molecule has 0 bridgehead atoms. The maximum Gasteiger partial charge on any atom is 0.230 e. The van der Waals surface area contributed by atoms with E-state index in [1.807, 2.05) is 30.3 Å². The number of halogens is 1. The summed E-state index contributed by atoms with van der Waals surface area (Å²) in [5.41, 5.74) is 8.96. The summed E-state index contributed by atoms with van der Waals surface area (Å²) >= 11 is 6.09. The van der Waals surface area contributed by atoms with E-state index in [2.05, 4.69) is 5.16 Å². The van der Waals surface area contributed by atoms with E-state index in [1.165, 1.54) is 0 Å². The van der Waals surface area contributed by atoms with Gasteiger partial charge in [0.05, 0.1) is 12.7 Å². The first-order valence-electron chi connectivity index (χ1n) is 6.35. The third kappa shape index (κ3) is 2.45. The Morgan fingerprint density at radius 1 is 1.14 bits per heavy atom. The summed E-state index contributed by atoms with van der Waals surface area (Å²) in [5, 5.41) is 4.66. The van der Waals surface area contributed by atoms with Crippen LogP contribution in [0.5, 0.6) is 5.75 Å². The summed E-state index contributed by atoms with van der Waals surface area (Å²) in [5.74, 6) is 0.890. The lowest BCUT2D eigenvalue weighted by Crippen LogP contribution is -1.92. The molecule has 2 aromatic carbocycles. The summed E-state index contributed by atoms with van der Waals surface area (Å²) in [6.07, 6.45) is 0. The quantitative estimate of drug-likeness (QED) is 0.785. The van der Waals surface area contributed by atoms with Gasteiger partial charge < -0.3 is 15.0 Å². The molecule has 1 heterocycles. The van der Waals surface area contributed by atoms with Gasteiger partial charge in [-0.1, -0.05) is 47.1 Å². The zero-order chi connectivity index (χ0) is 14.8. The lowest BCUT2D eigenvalue weighted by Gasteiger charge is -2.09. The second kappa shape index (κ2) is 5.50. The molecular formula is C16H13ClN2O2. The summed E-state index contributed by atoms with van der Waals surface area (Å²) < 4.78 is 10.6. The normalized spacial score (nSPS) is 10.6. The molecule has 4 nitrogen and oxygen atoms in total. The monoisotopic (exact) mass is 300 g/mol. The lowest BCUT2D eigenvalue weighted by atomic mass is 10.00. The van der Waals surface area contributed by atoms with Crippen LogP contribution in [0.25, 0.3) is 22.4 Å². The molecule has 106 valence electrons. The van der Waals surface area contributed by atoms with Crippen molar-refractivity contribution in [2.24, 2.45) is 0 Å². The van der Waals surface area contributed by atoms with E-state index in [0.29, 0.717) is 22.0 Å². The molecule has 3 aromatic rings. The van der Waals surface area contributed by atoms with Gasteiger partial charge in [-0.2, -0.15) is 0 Å². The minimum atomic E-state index is 0.231. The number of aromatic nitrogens is 1. The number of benzene rings is 2. The molecule has 5 heteroatoms. The summed E-state index contributed by atoms with van der Waals surface area (Å²) in [6.45, 7) is 0. The van der Waals surface area contributed by atoms with Crippen molar-refractivity contribution in [3.63, 3.8) is 0 Å². The van der Waals surface area contributed by atoms with Crippen molar-refractivity contribution >= 4 is 17.5 Å². The first-order chi connectivity index (χ1) is 10.2. The van der Waals surface area contributed by atoms with Crippen LogP contribution in [0.15, 0.2) is 53.1 Å². The molecule has 0 saturated carbocycles. The Morgan fingerprint density at radius 3 is 2.62 bits per heavy atom. The van der Waals surface area contributed by atoms with Crippen molar-refractivity contribution in [3.8, 4) is 28.1 Å². The van der Waals surface area contributed by atoms with Gasteiger partial charge in [-0.15, -0.1) is 0 Å². The Morgan fingerprint density at radius 2 is 1.90 bits per heavy atom. The van der Waals surface area contributed by atoms with Crippen molar-refractivity contribution < 1.29 is 9.26 Å². The fourth-order valence-corrected chi connectivity index (χ4v) is 2.40. The van der Waals surface area contributed by atoms with Crippen LogP contribution < -0.4 is 10.5 Å². The van der Waals surface area contributed by atoms with Crippen LogP contribution in [-0.4, -0.2) is 12.3 Å². The maximum absolute atomic E-state index is 6.09. The van der Waals surface area contributed by atoms with E-state index < -0.39 is 0 Å². The van der Waals surface area contributed by atoms with E-state index in [-0.39, 0.29) is 5.88 Å². The lowest BCUT2D eigenvalue weighted by molar-refractivity contribution is 0.416. The van der Waals surface area contributed by atoms with Gasteiger partial charge in [-0.25, -0.2) is 0 Å². The van der Waals surface area contributed by atoms with Crippen LogP contribution in [0.1, 0.15) is 0 Å². The molecular weight excluding hydrogens is 288 g/mol. The van der Waals surface area contributed by atoms with Gasteiger partial charge in [0.25, 0.3) is 0 Å². The predicted molar refractivity (Wildman–Crippen MR) is 83.3 cm³/mol. The number of nitrogens with zero attached hydrogens (tertiary/aromatic N) is 1. The van der Waals surface area contributed by atoms with Crippen molar-refractivity contribution in [2.75, 3.05) is 12.8 Å². The Kier molecular flexibility index (Phi) is 3.54. The Bertz CT molecular complexity index is 769. The van der Waals surface area contributed by atoms with Crippen LogP contribution in [-0.2, 0) is 0 Å². The fraction of sp³-hybridized carbons (Fsp3) is 0.0625. The van der Waals surface area contributed by atoms with Crippen molar-refractivity contribution in [2.45, 2.75) is 0 Å². The van der Waals surface area contributed by atoms with Gasteiger partial charge in [-0.3, -0.25) is 0 Å². The smallest absolute Gasteiger partial charge is 0.230 e. The van der Waals surface area contributed by atoms with E-state index in [4.69, 9.17) is 26.6 Å². The van der Waals surface area contributed by atoms with Crippen molar-refractivity contribution in [1.82, 2.24) is 5.16 Å². The fourth-order valence-electron chi connectivity index (χ4n) is 2.23. The number of methoxy groups -OCH3 is 1. The number of anilines is 1. The average molecular weight is 301 g/mol. The van der Waals surface area contributed by atoms with Gasteiger partial charge in [-0.05, 0) is 18.2 Å². The molecule has 0 atom stereocenters. The molecule has 3 rings (SSSR count). The molecule has 0 radical (unpaired) electrons. The topological polar surface area (TPSA) is 61.3 Å². The molecule has 0 unspecified atom stereocenters. The van der Waals surface area contributed by atoms with Crippen molar-refractivity contribution in [1.29, 1.82) is 0 Å². The Labute approximate surface area is 127 Å². The number of hydrogen-bond donors (Lipinski definition) is 1. The minimum Gasteiger partial charge on any atom is -0.496 e. The highest BCUT2D eigenvalue weighted by atomic mass is 35.5. The van der Waals surface area contributed by atoms with Gasteiger partial charge in [0.2, 0.25) is 5.88 Å². The predicted octanol–water partition coefficient (Wildman–Crippen LogP) is 4.25. The van der Waals surface area contributed by atoms with Crippen LogP contribution >= 0.6 is 11.6 Å². The number of ether oxygens (including phenoxy) is 1. The van der Waals surface area contributed by atoms with Gasteiger partial charge in [0, 0.05) is 16.1 Å². The maximum atomic E-state index is 6.09. The number of rotatable bonds is 3. The molecule has 0 aliphatic rings. The molecule has 21 heavy (non-hydrogen) atoms. The summed E-state index contributed by atoms with van der Waals surface area (Å²) in [7, 11) is 1.60. The minimum absolute atomic E-state index is 0.231. The highest BCUT2D eigenvalue weighted by molar-refractivity contribution is 6.31. The van der Waals surface area contributed by atoms with Crippen molar-refractivity contribution in [3.05, 3.63) is 53.6 Å². The number of nitrogen functional groups attached to an aromatic ring is 1. The standard InChI is InChI=1S/C16H13ClN2O2/c1-20-13-8-7-11(17)9-12(13)14-15(19-21-16(14)18)10-5-3-2-4-6-10/h2-9H,18H2,1H3. The van der Waals surface area contributed by atoms with E-state index >= 15 is 0 Å². The first-order valence-corrected chi connectivity index (χ1v) is 6.73. The largest absolute Gasteiger partial charge is 0.496 e. The van der Waals surface area contributed by atoms with Crippen LogP contribution in [0.2, 0.25) is 5.02 Å². The zero-order valence-electron chi connectivity index (χ0n) is 11.3. The molecule has 0 saturated heterocycles. The first kappa shape index (κ1) is 13.5. The van der Waals surface area contributed by atoms with Gasteiger partial charge in [0.1, 0.15) is 11.4 Å². The second-order valence-corrected chi connectivity index (χ2v) is 4.92. The Hall–Kier alpha value is -2.46. The summed E-state index contributed by atoms with van der Waals surface area (Å²) in [4.78, 5) is 0. The molecule has 0 fully saturated rings. The third-order valence-electron chi connectivity index (χ3n) is 3.20.